The molecule has 0 aromatic heterocycles. The summed E-state index contributed by atoms with van der Waals surface area (Å²) in [5.41, 5.74) is 8.55. The lowest BCUT2D eigenvalue weighted by Gasteiger charge is -2.40. The molecular formula is C22H24N4O3. The Morgan fingerprint density at radius 2 is 1.90 bits per heavy atom. The second-order valence-corrected chi connectivity index (χ2v) is 8.17. The van der Waals surface area contributed by atoms with E-state index in [1.54, 1.807) is 12.1 Å². The van der Waals surface area contributed by atoms with Crippen molar-refractivity contribution in [1.29, 1.82) is 0 Å². The van der Waals surface area contributed by atoms with Crippen LogP contribution in [0.1, 0.15) is 36.4 Å². The van der Waals surface area contributed by atoms with Gasteiger partial charge in [0.05, 0.1) is 5.41 Å². The maximum Gasteiger partial charge on any atom is 0.241 e. The van der Waals surface area contributed by atoms with Gasteiger partial charge < -0.3 is 15.3 Å². The molecule has 4 N–H and O–H groups in total. The van der Waals surface area contributed by atoms with E-state index in [4.69, 9.17) is 0 Å². The lowest BCUT2D eigenvalue weighted by molar-refractivity contribution is -0.137. The van der Waals surface area contributed by atoms with E-state index < -0.39 is 5.41 Å². The second-order valence-electron chi connectivity index (χ2n) is 8.17. The van der Waals surface area contributed by atoms with E-state index in [-0.39, 0.29) is 29.6 Å². The summed E-state index contributed by atoms with van der Waals surface area (Å²) in [4.78, 5) is 27.9. The number of hydrazine groups is 1. The van der Waals surface area contributed by atoms with E-state index in [2.05, 4.69) is 16.2 Å². The number of hydrogen-bond acceptors (Lipinski definition) is 5. The molecule has 3 aliphatic heterocycles. The number of phenols is 1. The number of benzene rings is 2. The van der Waals surface area contributed by atoms with Crippen LogP contribution in [0.15, 0.2) is 48.5 Å². The lowest BCUT2D eigenvalue weighted by Crippen LogP contribution is -2.55. The summed E-state index contributed by atoms with van der Waals surface area (Å²) in [7, 11) is 0. The van der Waals surface area contributed by atoms with Crippen molar-refractivity contribution in [2.45, 2.75) is 36.8 Å². The number of nitrogens with zero attached hydrogens (tertiary/aromatic N) is 1. The van der Waals surface area contributed by atoms with Crippen molar-refractivity contribution in [3.05, 3.63) is 59.7 Å². The van der Waals surface area contributed by atoms with Crippen LogP contribution < -0.4 is 16.2 Å². The zero-order valence-electron chi connectivity index (χ0n) is 16.0. The van der Waals surface area contributed by atoms with Crippen LogP contribution in [0, 0.1) is 0 Å². The van der Waals surface area contributed by atoms with Gasteiger partial charge in [0.1, 0.15) is 11.8 Å². The summed E-state index contributed by atoms with van der Waals surface area (Å²) in [5, 5.41) is 12.5. The number of carbonyl (C=O) groups is 2. The van der Waals surface area contributed by atoms with Crippen LogP contribution in [-0.4, -0.2) is 41.0 Å². The molecule has 2 aromatic rings. The maximum absolute atomic E-state index is 13.2. The number of anilines is 1. The van der Waals surface area contributed by atoms with Crippen molar-refractivity contribution in [2.24, 2.45) is 0 Å². The molecule has 2 amide bonds. The molecule has 29 heavy (non-hydrogen) atoms. The topological polar surface area (TPSA) is 93.7 Å². The number of amides is 2. The van der Waals surface area contributed by atoms with E-state index in [0.717, 1.165) is 29.7 Å². The molecule has 3 heterocycles. The van der Waals surface area contributed by atoms with Gasteiger partial charge in [-0.05, 0) is 48.6 Å². The fraction of sp³-hybridized carbons (Fsp3) is 0.364. The average Bonchev–Trinajstić information content (AvgIpc) is 3.33. The molecule has 3 unspecified atom stereocenters. The highest BCUT2D eigenvalue weighted by Crippen LogP contribution is 2.43. The summed E-state index contributed by atoms with van der Waals surface area (Å²) in [6.07, 6.45) is 2.18. The van der Waals surface area contributed by atoms with Crippen molar-refractivity contribution < 1.29 is 14.7 Å². The first-order chi connectivity index (χ1) is 14.1. The van der Waals surface area contributed by atoms with Crippen LogP contribution in [0.3, 0.4) is 0 Å². The Kier molecular flexibility index (Phi) is 4.29. The van der Waals surface area contributed by atoms with E-state index in [9.17, 15) is 14.7 Å². The minimum absolute atomic E-state index is 0.00111. The van der Waals surface area contributed by atoms with Gasteiger partial charge in [-0.3, -0.25) is 9.59 Å². The van der Waals surface area contributed by atoms with Gasteiger partial charge in [0.15, 0.2) is 0 Å². The van der Waals surface area contributed by atoms with Crippen LogP contribution in [0.25, 0.3) is 0 Å². The Morgan fingerprint density at radius 3 is 2.72 bits per heavy atom. The van der Waals surface area contributed by atoms with Crippen molar-refractivity contribution in [3.8, 4) is 5.75 Å². The molecule has 2 fully saturated rings. The summed E-state index contributed by atoms with van der Waals surface area (Å²) >= 11 is 0. The molecule has 0 bridgehead atoms. The largest absolute Gasteiger partial charge is 0.508 e. The summed E-state index contributed by atoms with van der Waals surface area (Å²) in [5.74, 6) is 0.242. The van der Waals surface area contributed by atoms with E-state index >= 15 is 0 Å². The summed E-state index contributed by atoms with van der Waals surface area (Å²) < 4.78 is 0. The number of para-hydroxylation sites is 1. The van der Waals surface area contributed by atoms with Gasteiger partial charge in [0, 0.05) is 24.8 Å². The molecule has 2 aromatic carbocycles. The first-order valence-corrected chi connectivity index (χ1v) is 10.1. The lowest BCUT2D eigenvalue weighted by atomic mass is 9.75. The maximum atomic E-state index is 13.2. The quantitative estimate of drug-likeness (QED) is 0.626. The minimum atomic E-state index is -0.646. The molecule has 0 radical (unpaired) electrons. The summed E-state index contributed by atoms with van der Waals surface area (Å²) in [6.45, 7) is 1.08. The number of rotatable bonds is 2. The monoisotopic (exact) mass is 392 g/mol. The number of fused-ring (bicyclic) bond motifs is 2. The van der Waals surface area contributed by atoms with Crippen molar-refractivity contribution in [1.82, 2.24) is 15.8 Å². The second kappa shape index (κ2) is 6.86. The van der Waals surface area contributed by atoms with Crippen LogP contribution in [-0.2, 0) is 15.0 Å². The van der Waals surface area contributed by atoms with E-state index in [1.165, 1.54) is 0 Å². The zero-order valence-corrected chi connectivity index (χ0v) is 16.0. The number of nitrogens with one attached hydrogen (secondary N) is 3. The average molecular weight is 392 g/mol. The normalized spacial score (nSPS) is 28.4. The molecule has 0 saturated carbocycles. The van der Waals surface area contributed by atoms with Gasteiger partial charge in [-0.2, -0.15) is 0 Å². The fourth-order valence-corrected chi connectivity index (χ4v) is 4.89. The molecule has 5 rings (SSSR count). The van der Waals surface area contributed by atoms with Crippen LogP contribution in [0.5, 0.6) is 5.75 Å². The Hall–Kier alpha value is -2.90. The van der Waals surface area contributed by atoms with Crippen molar-refractivity contribution in [3.63, 3.8) is 0 Å². The highest BCUT2D eigenvalue weighted by atomic mass is 16.3. The molecule has 0 aliphatic carbocycles. The first-order valence-electron chi connectivity index (χ1n) is 10.1. The van der Waals surface area contributed by atoms with Crippen molar-refractivity contribution in [2.75, 3.05) is 18.4 Å². The number of likely N-dealkylation sites (tertiary alicyclic amines) is 1. The van der Waals surface area contributed by atoms with Gasteiger partial charge in [-0.15, -0.1) is 0 Å². The molecule has 7 heteroatoms. The number of hydrogen-bond donors (Lipinski definition) is 4. The predicted octanol–water partition coefficient (Wildman–Crippen LogP) is 1.81. The van der Waals surface area contributed by atoms with E-state index in [1.807, 2.05) is 41.3 Å². The minimum Gasteiger partial charge on any atom is -0.508 e. The Bertz CT molecular complexity index is 961. The highest BCUT2D eigenvalue weighted by Gasteiger charge is 2.50. The van der Waals surface area contributed by atoms with Crippen LogP contribution in [0.2, 0.25) is 0 Å². The van der Waals surface area contributed by atoms with E-state index in [0.29, 0.717) is 19.5 Å². The van der Waals surface area contributed by atoms with Crippen LogP contribution >= 0.6 is 0 Å². The van der Waals surface area contributed by atoms with Gasteiger partial charge >= 0.3 is 0 Å². The fourth-order valence-electron chi connectivity index (χ4n) is 4.89. The highest BCUT2D eigenvalue weighted by molar-refractivity contribution is 6.06. The molecule has 1 spiro atoms. The number of aromatic hydroxyl groups is 1. The Morgan fingerprint density at radius 1 is 1.10 bits per heavy atom. The van der Waals surface area contributed by atoms with Gasteiger partial charge in [-0.25, -0.2) is 10.9 Å². The number of carbonyl (C=O) groups excluding carboxylic acids is 2. The van der Waals surface area contributed by atoms with Gasteiger partial charge in [0.2, 0.25) is 11.8 Å². The first kappa shape index (κ1) is 18.1. The molecular weight excluding hydrogens is 368 g/mol. The summed E-state index contributed by atoms with van der Waals surface area (Å²) in [6, 6.07) is 14.5. The molecule has 7 nitrogen and oxygen atoms in total. The smallest absolute Gasteiger partial charge is 0.241 e. The SMILES string of the molecule is O=C(C1CC(c2ccc(O)cc2)NN1)N1CCCC2(C1)C(=O)Nc1ccccc12. The Labute approximate surface area is 169 Å². The third-order valence-electron chi connectivity index (χ3n) is 6.43. The van der Waals surface area contributed by atoms with Gasteiger partial charge in [-0.1, -0.05) is 30.3 Å². The molecule has 3 atom stereocenters. The zero-order chi connectivity index (χ0) is 20.0. The third kappa shape index (κ3) is 2.97. The predicted molar refractivity (Wildman–Crippen MR) is 108 cm³/mol. The van der Waals surface area contributed by atoms with Crippen LogP contribution in [0.4, 0.5) is 5.69 Å². The molecule has 2 saturated heterocycles. The number of piperidine rings is 1. The number of phenolic OH excluding ortho intramolecular Hbond substituents is 1. The third-order valence-corrected chi connectivity index (χ3v) is 6.43. The van der Waals surface area contributed by atoms with Gasteiger partial charge in [0.25, 0.3) is 0 Å². The molecule has 3 aliphatic rings. The standard InChI is InChI=1S/C22H24N4O3/c27-15-8-6-14(7-9-15)18-12-19(25-24-18)20(28)26-11-3-10-22(13-26)16-4-1-2-5-17(16)23-21(22)29/h1-2,4-9,18-19,24-25,27H,3,10-13H2,(H,23,29). The van der Waals surface area contributed by atoms with Crippen molar-refractivity contribution >= 4 is 17.5 Å². The Balaban J connectivity index is 1.32. The molecule has 150 valence electrons.